The van der Waals surface area contributed by atoms with E-state index in [2.05, 4.69) is 4.98 Å². The van der Waals surface area contributed by atoms with Gasteiger partial charge in [-0.15, -0.1) is 0 Å². The van der Waals surface area contributed by atoms with Gasteiger partial charge in [-0.05, 0) is 56.0 Å². The summed E-state index contributed by atoms with van der Waals surface area (Å²) < 4.78 is 5.40. The van der Waals surface area contributed by atoms with Crippen molar-refractivity contribution in [3.8, 4) is 5.75 Å². The van der Waals surface area contributed by atoms with E-state index in [1.165, 1.54) is 18.2 Å². The predicted molar refractivity (Wildman–Crippen MR) is 93.4 cm³/mol. The molecule has 0 unspecified atom stereocenters. The van der Waals surface area contributed by atoms with Crippen molar-refractivity contribution in [3.63, 3.8) is 0 Å². The Bertz CT molecular complexity index is 804. The van der Waals surface area contributed by atoms with Crippen molar-refractivity contribution in [3.05, 3.63) is 53.2 Å². The molecule has 0 bridgehead atoms. The molecule has 2 heterocycles. The highest BCUT2D eigenvalue weighted by Crippen LogP contribution is 2.27. The first kappa shape index (κ1) is 17.0. The molecule has 2 aromatic rings. The third kappa shape index (κ3) is 3.47. The van der Waals surface area contributed by atoms with Gasteiger partial charge in [-0.1, -0.05) is 6.07 Å². The summed E-state index contributed by atoms with van der Waals surface area (Å²) in [6.07, 6.45) is 4.48. The molecule has 0 atom stereocenters. The average molecular weight is 340 g/mol. The summed E-state index contributed by atoms with van der Waals surface area (Å²) in [6.45, 7) is 2.69. The number of hydrogen-bond donors (Lipinski definition) is 1. The molecular weight excluding hydrogens is 320 g/mol. The number of nitrogens with zero attached hydrogens (tertiary/aromatic N) is 2. The van der Waals surface area contributed by atoms with Gasteiger partial charge in [-0.2, -0.15) is 0 Å². The predicted octanol–water partition coefficient (Wildman–Crippen LogP) is 3.16. The normalized spacial score (nSPS) is 13.7. The molecule has 1 aliphatic heterocycles. The zero-order valence-electron chi connectivity index (χ0n) is 14.1. The van der Waals surface area contributed by atoms with Crippen LogP contribution in [0.2, 0.25) is 0 Å². The van der Waals surface area contributed by atoms with Crippen molar-refractivity contribution >= 4 is 17.7 Å². The number of carbonyl (C=O) groups excluding carboxylic acids is 1. The molecule has 0 saturated carbocycles. The van der Waals surface area contributed by atoms with Crippen LogP contribution in [-0.2, 0) is 6.42 Å². The van der Waals surface area contributed by atoms with E-state index in [0.29, 0.717) is 24.5 Å². The molecule has 0 aliphatic carbocycles. The summed E-state index contributed by atoms with van der Waals surface area (Å²) in [4.78, 5) is 30.4. The number of pyridine rings is 1. The minimum Gasteiger partial charge on any atom is -0.493 e. The minimum atomic E-state index is -1.08. The molecule has 1 aromatic heterocycles. The highest BCUT2D eigenvalue weighted by molar-refractivity contribution is 6.07. The molecule has 1 N–H and O–H groups in total. The molecule has 25 heavy (non-hydrogen) atoms. The van der Waals surface area contributed by atoms with Crippen molar-refractivity contribution in [1.29, 1.82) is 0 Å². The zero-order valence-corrected chi connectivity index (χ0v) is 14.1. The fourth-order valence-electron chi connectivity index (χ4n) is 3.02. The third-order valence-electron chi connectivity index (χ3n) is 4.20. The van der Waals surface area contributed by atoms with Crippen LogP contribution in [0.25, 0.3) is 0 Å². The van der Waals surface area contributed by atoms with Crippen LogP contribution in [0.5, 0.6) is 5.75 Å². The monoisotopic (exact) mass is 340 g/mol. The number of ether oxygens (including phenoxy) is 1. The summed E-state index contributed by atoms with van der Waals surface area (Å²) in [5.41, 5.74) is 1.50. The molecule has 0 spiro atoms. The maximum atomic E-state index is 13.0. The van der Waals surface area contributed by atoms with E-state index in [1.54, 1.807) is 18.0 Å². The van der Waals surface area contributed by atoms with E-state index in [-0.39, 0.29) is 17.2 Å². The zero-order chi connectivity index (χ0) is 17.8. The van der Waals surface area contributed by atoms with Crippen LogP contribution < -0.4 is 9.64 Å². The van der Waals surface area contributed by atoms with Gasteiger partial charge in [0.15, 0.2) is 0 Å². The Kier molecular flexibility index (Phi) is 4.97. The highest BCUT2D eigenvalue weighted by Gasteiger charge is 2.24. The summed E-state index contributed by atoms with van der Waals surface area (Å²) in [5.74, 6) is -0.383. The molecule has 3 rings (SSSR count). The fourth-order valence-corrected chi connectivity index (χ4v) is 3.02. The molecule has 1 amide bonds. The fraction of sp³-hybridized carbons (Fsp3) is 0.316. The van der Waals surface area contributed by atoms with Crippen LogP contribution in [0.3, 0.4) is 0 Å². The smallest absolute Gasteiger partial charge is 0.339 e. The van der Waals surface area contributed by atoms with Gasteiger partial charge in [0.1, 0.15) is 17.1 Å². The number of carbonyl (C=O) groups is 2. The molecule has 1 aromatic carbocycles. The van der Waals surface area contributed by atoms with E-state index in [4.69, 9.17) is 4.74 Å². The summed E-state index contributed by atoms with van der Waals surface area (Å²) in [7, 11) is 0. The van der Waals surface area contributed by atoms with Gasteiger partial charge in [0, 0.05) is 18.3 Å². The molecule has 0 fully saturated rings. The van der Waals surface area contributed by atoms with Crippen LogP contribution in [0.15, 0.2) is 36.5 Å². The molecule has 6 heteroatoms. The summed E-state index contributed by atoms with van der Waals surface area (Å²) in [6, 6.07) is 8.32. The first-order chi connectivity index (χ1) is 12.1. The Hall–Kier alpha value is -2.89. The Morgan fingerprint density at radius 2 is 2.12 bits per heavy atom. The van der Waals surface area contributed by atoms with Crippen molar-refractivity contribution < 1.29 is 19.4 Å². The van der Waals surface area contributed by atoms with Gasteiger partial charge in [-0.3, -0.25) is 9.69 Å². The largest absolute Gasteiger partial charge is 0.493 e. The summed E-state index contributed by atoms with van der Waals surface area (Å²) in [5, 5.41) is 9.25. The van der Waals surface area contributed by atoms with E-state index in [0.717, 1.165) is 24.8 Å². The van der Waals surface area contributed by atoms with E-state index < -0.39 is 5.97 Å². The second kappa shape index (κ2) is 7.34. The molecule has 6 nitrogen and oxygen atoms in total. The number of aromatic nitrogens is 1. The Morgan fingerprint density at radius 1 is 1.28 bits per heavy atom. The van der Waals surface area contributed by atoms with Crippen LogP contribution in [0.1, 0.15) is 46.0 Å². The van der Waals surface area contributed by atoms with Gasteiger partial charge in [-0.25, -0.2) is 9.78 Å². The number of rotatable bonds is 4. The van der Waals surface area contributed by atoms with Crippen LogP contribution in [0.4, 0.5) is 5.82 Å². The lowest BCUT2D eigenvalue weighted by Crippen LogP contribution is -2.32. The van der Waals surface area contributed by atoms with Gasteiger partial charge in [0.25, 0.3) is 5.91 Å². The maximum Gasteiger partial charge on any atom is 0.339 e. The number of aryl methyl sites for hydroxylation is 1. The molecule has 130 valence electrons. The number of anilines is 1. The first-order valence-corrected chi connectivity index (χ1v) is 8.37. The second-order valence-corrected chi connectivity index (χ2v) is 5.85. The lowest BCUT2D eigenvalue weighted by molar-refractivity contribution is 0.0692. The third-order valence-corrected chi connectivity index (χ3v) is 4.20. The van der Waals surface area contributed by atoms with Crippen LogP contribution >= 0.6 is 0 Å². The van der Waals surface area contributed by atoms with Crippen molar-refractivity contribution in [2.75, 3.05) is 18.1 Å². The van der Waals surface area contributed by atoms with Gasteiger partial charge in [0.2, 0.25) is 0 Å². The lowest BCUT2D eigenvalue weighted by Gasteiger charge is -2.22. The first-order valence-electron chi connectivity index (χ1n) is 8.37. The topological polar surface area (TPSA) is 79.7 Å². The van der Waals surface area contributed by atoms with Crippen molar-refractivity contribution in [2.24, 2.45) is 0 Å². The standard InChI is InChI=1S/C19H20N2O4/c1-2-25-16-12-14(8-9-15(16)19(23)24)18(22)21-11-4-3-6-13-7-5-10-20-17(13)21/h5,7-10,12H,2-4,6,11H2,1H3,(H,23,24). The maximum absolute atomic E-state index is 13.0. The van der Waals surface area contributed by atoms with E-state index in [1.807, 2.05) is 12.1 Å². The van der Waals surface area contributed by atoms with Gasteiger partial charge in [0.05, 0.1) is 6.61 Å². The number of hydrogen-bond acceptors (Lipinski definition) is 4. The molecular formula is C19H20N2O4. The van der Waals surface area contributed by atoms with E-state index >= 15 is 0 Å². The number of aromatic carboxylic acids is 1. The van der Waals surface area contributed by atoms with Crippen molar-refractivity contribution in [2.45, 2.75) is 26.2 Å². The quantitative estimate of drug-likeness (QED) is 0.925. The molecule has 0 radical (unpaired) electrons. The second-order valence-electron chi connectivity index (χ2n) is 5.85. The lowest BCUT2D eigenvalue weighted by atomic mass is 10.1. The van der Waals surface area contributed by atoms with Gasteiger partial charge >= 0.3 is 5.97 Å². The number of fused-ring (bicyclic) bond motifs is 1. The van der Waals surface area contributed by atoms with Crippen LogP contribution in [-0.4, -0.2) is 35.1 Å². The van der Waals surface area contributed by atoms with Crippen LogP contribution in [0, 0.1) is 0 Å². The molecule has 0 saturated heterocycles. The number of amides is 1. The Morgan fingerprint density at radius 3 is 2.88 bits per heavy atom. The van der Waals surface area contributed by atoms with E-state index in [9.17, 15) is 14.7 Å². The number of carboxylic acids is 1. The Labute approximate surface area is 146 Å². The SMILES string of the molecule is CCOc1cc(C(=O)N2CCCCc3cccnc32)ccc1C(=O)O. The van der Waals surface area contributed by atoms with Gasteiger partial charge < -0.3 is 9.84 Å². The number of benzene rings is 1. The average Bonchev–Trinajstić information content (AvgIpc) is 2.83. The Balaban J connectivity index is 1.98. The minimum absolute atomic E-state index is 0.0489. The molecule has 1 aliphatic rings. The summed E-state index contributed by atoms with van der Waals surface area (Å²) >= 11 is 0. The van der Waals surface area contributed by atoms with Crippen molar-refractivity contribution in [1.82, 2.24) is 4.98 Å². The number of carboxylic acid groups (broad SMARTS) is 1. The highest BCUT2D eigenvalue weighted by atomic mass is 16.5.